The second-order valence-corrected chi connectivity index (χ2v) is 4.63. The Morgan fingerprint density at radius 2 is 1.90 bits per heavy atom. The van der Waals surface area contributed by atoms with Crippen LogP contribution in [0.5, 0.6) is 11.5 Å². The molecule has 0 N–H and O–H groups in total. The van der Waals surface area contributed by atoms with Gasteiger partial charge in [0.2, 0.25) is 0 Å². The Hall–Kier alpha value is -2.29. The van der Waals surface area contributed by atoms with Gasteiger partial charge in [0.25, 0.3) is 0 Å². The van der Waals surface area contributed by atoms with Gasteiger partial charge in [0.05, 0.1) is 12.7 Å². The van der Waals surface area contributed by atoms with Gasteiger partial charge in [0, 0.05) is 6.07 Å². The molecule has 0 amide bonds. The first-order valence-corrected chi connectivity index (χ1v) is 6.48. The molecule has 2 rings (SSSR count). The van der Waals surface area contributed by atoms with E-state index < -0.39 is 0 Å². The van der Waals surface area contributed by atoms with Gasteiger partial charge in [0.1, 0.15) is 18.1 Å². The summed E-state index contributed by atoms with van der Waals surface area (Å²) in [5.74, 6) is 1.21. The smallest absolute Gasteiger partial charge is 0.163 e. The van der Waals surface area contributed by atoms with Crippen molar-refractivity contribution in [3.05, 3.63) is 59.2 Å². The lowest BCUT2D eigenvalue weighted by atomic mass is 10.1. The van der Waals surface area contributed by atoms with E-state index in [9.17, 15) is 4.79 Å². The molecule has 20 heavy (non-hydrogen) atoms. The molecule has 2 aromatic rings. The number of ketones is 1. The number of carbonyl (C=O) groups excluding carboxylic acids is 1. The van der Waals surface area contributed by atoms with Gasteiger partial charge in [-0.1, -0.05) is 24.3 Å². The number of Topliss-reactive ketones (excluding diaryl/α,β-unsaturated/α-hetero) is 1. The van der Waals surface area contributed by atoms with Crippen molar-refractivity contribution >= 4 is 5.78 Å². The van der Waals surface area contributed by atoms with Crippen molar-refractivity contribution in [2.75, 3.05) is 7.11 Å². The van der Waals surface area contributed by atoms with E-state index in [-0.39, 0.29) is 5.78 Å². The Morgan fingerprint density at radius 1 is 1.15 bits per heavy atom. The lowest BCUT2D eigenvalue weighted by Crippen LogP contribution is -2.03. The standard InChI is InChI=1S/C17H18O3/c1-12-6-4-5-7-14(12)11-20-17-10-15(19-3)8-9-16(17)13(2)18/h4-10H,11H2,1-3H3. The van der Waals surface area contributed by atoms with Crippen molar-refractivity contribution in [3.8, 4) is 11.5 Å². The van der Waals surface area contributed by atoms with E-state index in [0.717, 1.165) is 5.56 Å². The molecule has 3 heteroatoms. The summed E-state index contributed by atoms with van der Waals surface area (Å²) < 4.78 is 11.0. The summed E-state index contributed by atoms with van der Waals surface area (Å²) in [6.07, 6.45) is 0. The molecule has 0 unspecified atom stereocenters. The summed E-state index contributed by atoms with van der Waals surface area (Å²) in [4.78, 5) is 11.6. The number of benzene rings is 2. The Balaban J connectivity index is 2.24. The fourth-order valence-electron chi connectivity index (χ4n) is 1.97. The van der Waals surface area contributed by atoms with Gasteiger partial charge in [0.15, 0.2) is 5.78 Å². The molecule has 0 radical (unpaired) electrons. The molecule has 0 heterocycles. The Kier molecular flexibility index (Phi) is 4.41. The van der Waals surface area contributed by atoms with Gasteiger partial charge >= 0.3 is 0 Å². The molecule has 0 saturated heterocycles. The number of aryl methyl sites for hydroxylation is 1. The Labute approximate surface area is 119 Å². The quantitative estimate of drug-likeness (QED) is 0.775. The van der Waals surface area contributed by atoms with Gasteiger partial charge in [-0.05, 0) is 37.1 Å². The highest BCUT2D eigenvalue weighted by atomic mass is 16.5. The van der Waals surface area contributed by atoms with Crippen molar-refractivity contribution in [2.24, 2.45) is 0 Å². The third-order valence-electron chi connectivity index (χ3n) is 3.21. The fraction of sp³-hybridized carbons (Fsp3) is 0.235. The zero-order chi connectivity index (χ0) is 14.5. The first-order valence-electron chi connectivity index (χ1n) is 6.48. The molecule has 3 nitrogen and oxygen atoms in total. The molecule has 0 aliphatic heterocycles. The maximum atomic E-state index is 11.6. The van der Waals surface area contributed by atoms with Gasteiger partial charge in [-0.3, -0.25) is 4.79 Å². The van der Waals surface area contributed by atoms with Crippen LogP contribution in [0.25, 0.3) is 0 Å². The molecule has 0 aromatic heterocycles. The van der Waals surface area contributed by atoms with Crippen molar-refractivity contribution in [2.45, 2.75) is 20.5 Å². The van der Waals surface area contributed by atoms with Crippen LogP contribution in [-0.2, 0) is 6.61 Å². The SMILES string of the molecule is COc1ccc(C(C)=O)c(OCc2ccccc2C)c1. The van der Waals surface area contributed by atoms with E-state index in [0.29, 0.717) is 23.7 Å². The molecule has 0 saturated carbocycles. The molecule has 0 spiro atoms. The van der Waals surface area contributed by atoms with Gasteiger partial charge in [-0.2, -0.15) is 0 Å². The number of hydrogen-bond donors (Lipinski definition) is 0. The lowest BCUT2D eigenvalue weighted by molar-refractivity contribution is 0.101. The normalized spacial score (nSPS) is 10.2. The van der Waals surface area contributed by atoms with E-state index in [1.165, 1.54) is 12.5 Å². The van der Waals surface area contributed by atoms with Crippen LogP contribution in [-0.4, -0.2) is 12.9 Å². The Morgan fingerprint density at radius 3 is 2.55 bits per heavy atom. The molecule has 0 bridgehead atoms. The number of hydrogen-bond acceptors (Lipinski definition) is 3. The zero-order valence-electron chi connectivity index (χ0n) is 12.0. The van der Waals surface area contributed by atoms with Crippen LogP contribution in [0.4, 0.5) is 0 Å². The third kappa shape index (κ3) is 3.18. The minimum absolute atomic E-state index is 0.0209. The van der Waals surface area contributed by atoms with Crippen molar-refractivity contribution < 1.29 is 14.3 Å². The lowest BCUT2D eigenvalue weighted by Gasteiger charge is -2.12. The van der Waals surface area contributed by atoms with Crippen LogP contribution in [0.1, 0.15) is 28.4 Å². The second-order valence-electron chi connectivity index (χ2n) is 4.63. The van der Waals surface area contributed by atoms with E-state index >= 15 is 0 Å². The van der Waals surface area contributed by atoms with E-state index in [2.05, 4.69) is 0 Å². The van der Waals surface area contributed by atoms with E-state index in [1.54, 1.807) is 25.3 Å². The van der Waals surface area contributed by atoms with Crippen LogP contribution in [0.15, 0.2) is 42.5 Å². The summed E-state index contributed by atoms with van der Waals surface area (Å²) in [5, 5.41) is 0. The second kappa shape index (κ2) is 6.24. The predicted molar refractivity (Wildman–Crippen MR) is 78.5 cm³/mol. The van der Waals surface area contributed by atoms with Crippen LogP contribution >= 0.6 is 0 Å². The topological polar surface area (TPSA) is 35.5 Å². The van der Waals surface area contributed by atoms with Gasteiger partial charge in [-0.25, -0.2) is 0 Å². The highest BCUT2D eigenvalue weighted by molar-refractivity contribution is 5.97. The summed E-state index contributed by atoms with van der Waals surface area (Å²) in [5.41, 5.74) is 2.84. The monoisotopic (exact) mass is 270 g/mol. The molecule has 104 valence electrons. The molecule has 0 aliphatic rings. The maximum Gasteiger partial charge on any atom is 0.163 e. The highest BCUT2D eigenvalue weighted by Crippen LogP contribution is 2.26. The molecule has 0 fully saturated rings. The average molecular weight is 270 g/mol. The number of carbonyl (C=O) groups is 1. The van der Waals surface area contributed by atoms with Crippen molar-refractivity contribution in [1.82, 2.24) is 0 Å². The number of rotatable bonds is 5. The molecular formula is C17H18O3. The fourth-order valence-corrected chi connectivity index (χ4v) is 1.97. The number of ether oxygens (including phenoxy) is 2. The van der Waals surface area contributed by atoms with Crippen LogP contribution in [0.3, 0.4) is 0 Å². The van der Waals surface area contributed by atoms with E-state index in [4.69, 9.17) is 9.47 Å². The molecular weight excluding hydrogens is 252 g/mol. The van der Waals surface area contributed by atoms with Crippen molar-refractivity contribution in [1.29, 1.82) is 0 Å². The highest BCUT2D eigenvalue weighted by Gasteiger charge is 2.10. The molecule has 0 atom stereocenters. The molecule has 2 aromatic carbocycles. The molecule has 0 aliphatic carbocycles. The summed E-state index contributed by atoms with van der Waals surface area (Å²) >= 11 is 0. The zero-order valence-corrected chi connectivity index (χ0v) is 12.0. The van der Waals surface area contributed by atoms with Crippen LogP contribution in [0, 0.1) is 6.92 Å². The Bertz CT molecular complexity index is 617. The summed E-state index contributed by atoms with van der Waals surface area (Å²) in [6.45, 7) is 4.00. The minimum atomic E-state index is -0.0209. The minimum Gasteiger partial charge on any atom is -0.497 e. The van der Waals surface area contributed by atoms with Crippen LogP contribution in [0.2, 0.25) is 0 Å². The third-order valence-corrected chi connectivity index (χ3v) is 3.21. The van der Waals surface area contributed by atoms with Crippen LogP contribution < -0.4 is 9.47 Å². The summed E-state index contributed by atoms with van der Waals surface area (Å²) in [6, 6.07) is 13.3. The maximum absolute atomic E-state index is 11.6. The average Bonchev–Trinajstić information content (AvgIpc) is 2.46. The number of methoxy groups -OCH3 is 1. The van der Waals surface area contributed by atoms with E-state index in [1.807, 2.05) is 31.2 Å². The largest absolute Gasteiger partial charge is 0.497 e. The first kappa shape index (κ1) is 14.1. The van der Waals surface area contributed by atoms with Gasteiger partial charge in [-0.15, -0.1) is 0 Å². The van der Waals surface area contributed by atoms with Gasteiger partial charge < -0.3 is 9.47 Å². The first-order chi connectivity index (χ1) is 9.61. The van der Waals surface area contributed by atoms with Crippen molar-refractivity contribution in [3.63, 3.8) is 0 Å². The summed E-state index contributed by atoms with van der Waals surface area (Å²) in [7, 11) is 1.59. The predicted octanol–water partition coefficient (Wildman–Crippen LogP) is 3.79.